The van der Waals surface area contributed by atoms with Gasteiger partial charge in [0.15, 0.2) is 0 Å². The maximum Gasteiger partial charge on any atom is 0.143 e. The maximum atomic E-state index is 6.70. The van der Waals surface area contributed by atoms with Crippen molar-refractivity contribution in [3.63, 3.8) is 0 Å². The van der Waals surface area contributed by atoms with Gasteiger partial charge in [-0.1, -0.05) is 127 Å². The van der Waals surface area contributed by atoms with Crippen LogP contribution in [-0.4, -0.2) is 0 Å². The van der Waals surface area contributed by atoms with E-state index in [4.69, 9.17) is 4.42 Å². The first-order valence-corrected chi connectivity index (χ1v) is 14.3. The third-order valence-corrected chi connectivity index (χ3v) is 8.05. The van der Waals surface area contributed by atoms with Crippen molar-refractivity contribution in [3.05, 3.63) is 164 Å². The summed E-state index contributed by atoms with van der Waals surface area (Å²) in [6.07, 6.45) is 0. The van der Waals surface area contributed by atoms with Gasteiger partial charge in [-0.05, 0) is 58.7 Å². The highest BCUT2D eigenvalue weighted by molar-refractivity contribution is 6.23. The molecular weight excluding hydrogens is 510 g/mol. The van der Waals surface area contributed by atoms with E-state index in [1.54, 1.807) is 0 Å². The van der Waals surface area contributed by atoms with E-state index in [1.807, 2.05) is 0 Å². The Morgan fingerprint density at radius 1 is 0.405 bits per heavy atom. The highest BCUT2D eigenvalue weighted by Gasteiger charge is 2.22. The van der Waals surface area contributed by atoms with E-state index in [9.17, 15) is 0 Å². The van der Waals surface area contributed by atoms with Crippen LogP contribution in [0.4, 0.5) is 17.1 Å². The fourth-order valence-corrected chi connectivity index (χ4v) is 6.21. The standard InChI is InChI=1S/C40H27NO/c1-4-15-28(16-5-1)31-21-10-11-22-32(31)34-25-14-26-38-39(34)36-27-37(33-23-12-13-24-35(33)40(36)42-38)41(29-17-6-2-7-18-29)30-19-8-3-9-20-30/h1-27H. The fraction of sp³-hybridized carbons (Fsp3) is 0. The lowest BCUT2D eigenvalue weighted by Gasteiger charge is -2.27. The number of para-hydroxylation sites is 2. The van der Waals surface area contributed by atoms with Crippen molar-refractivity contribution in [1.82, 2.24) is 0 Å². The summed E-state index contributed by atoms with van der Waals surface area (Å²) in [6.45, 7) is 0. The molecule has 2 heteroatoms. The van der Waals surface area contributed by atoms with Crippen LogP contribution in [0.25, 0.3) is 55.0 Å². The Hall–Kier alpha value is -5.60. The largest absolute Gasteiger partial charge is 0.455 e. The Morgan fingerprint density at radius 2 is 0.952 bits per heavy atom. The Balaban J connectivity index is 1.47. The number of hydrogen-bond donors (Lipinski definition) is 0. The summed E-state index contributed by atoms with van der Waals surface area (Å²) in [5.41, 5.74) is 9.89. The van der Waals surface area contributed by atoms with Gasteiger partial charge in [0.05, 0.1) is 5.69 Å². The van der Waals surface area contributed by atoms with Gasteiger partial charge in [0.25, 0.3) is 0 Å². The Morgan fingerprint density at radius 3 is 1.64 bits per heavy atom. The van der Waals surface area contributed by atoms with E-state index in [-0.39, 0.29) is 0 Å². The number of hydrogen-bond acceptors (Lipinski definition) is 2. The maximum absolute atomic E-state index is 6.70. The molecule has 2 nitrogen and oxygen atoms in total. The van der Waals surface area contributed by atoms with E-state index < -0.39 is 0 Å². The summed E-state index contributed by atoms with van der Waals surface area (Å²) in [7, 11) is 0. The van der Waals surface area contributed by atoms with Crippen molar-refractivity contribution in [3.8, 4) is 22.3 Å². The van der Waals surface area contributed by atoms with Crippen LogP contribution in [0.15, 0.2) is 168 Å². The fourth-order valence-electron chi connectivity index (χ4n) is 6.21. The van der Waals surface area contributed by atoms with Crippen LogP contribution < -0.4 is 4.90 Å². The molecule has 0 saturated carbocycles. The van der Waals surface area contributed by atoms with Gasteiger partial charge >= 0.3 is 0 Å². The van der Waals surface area contributed by atoms with E-state index in [1.165, 1.54) is 16.7 Å². The lowest BCUT2D eigenvalue weighted by atomic mass is 9.91. The van der Waals surface area contributed by atoms with Crippen molar-refractivity contribution in [1.29, 1.82) is 0 Å². The average molecular weight is 538 g/mol. The predicted octanol–water partition coefficient (Wildman–Crippen LogP) is 11.5. The minimum absolute atomic E-state index is 0.888. The molecule has 0 bridgehead atoms. The molecule has 0 aliphatic rings. The molecule has 0 fully saturated rings. The van der Waals surface area contributed by atoms with Gasteiger partial charge in [0.2, 0.25) is 0 Å². The first kappa shape index (κ1) is 24.2. The van der Waals surface area contributed by atoms with E-state index >= 15 is 0 Å². The summed E-state index contributed by atoms with van der Waals surface area (Å²) in [4.78, 5) is 2.35. The van der Waals surface area contributed by atoms with E-state index in [2.05, 4.69) is 169 Å². The summed E-state index contributed by atoms with van der Waals surface area (Å²) < 4.78 is 6.70. The van der Waals surface area contributed by atoms with Crippen molar-refractivity contribution in [2.45, 2.75) is 0 Å². The zero-order valence-electron chi connectivity index (χ0n) is 22.9. The first-order valence-electron chi connectivity index (χ1n) is 14.3. The van der Waals surface area contributed by atoms with Crippen LogP contribution in [0, 0.1) is 0 Å². The summed E-state index contributed by atoms with van der Waals surface area (Å²) >= 11 is 0. The molecule has 8 rings (SSSR count). The van der Waals surface area contributed by atoms with Gasteiger partial charge in [-0.15, -0.1) is 0 Å². The van der Waals surface area contributed by atoms with Gasteiger partial charge in [-0.2, -0.15) is 0 Å². The van der Waals surface area contributed by atoms with Gasteiger partial charge in [0, 0.05) is 32.9 Å². The minimum Gasteiger partial charge on any atom is -0.455 e. The highest BCUT2D eigenvalue weighted by atomic mass is 16.3. The molecule has 0 aliphatic heterocycles. The molecule has 0 radical (unpaired) electrons. The molecule has 198 valence electrons. The van der Waals surface area contributed by atoms with E-state index in [0.717, 1.165) is 55.3 Å². The van der Waals surface area contributed by atoms with Crippen LogP contribution in [0.3, 0.4) is 0 Å². The normalized spacial score (nSPS) is 11.3. The van der Waals surface area contributed by atoms with Crippen molar-refractivity contribution >= 4 is 49.8 Å². The molecule has 7 aromatic carbocycles. The molecule has 8 aromatic rings. The van der Waals surface area contributed by atoms with Crippen molar-refractivity contribution < 1.29 is 4.42 Å². The number of rotatable bonds is 5. The highest BCUT2D eigenvalue weighted by Crippen LogP contribution is 2.47. The van der Waals surface area contributed by atoms with Crippen LogP contribution in [0.2, 0.25) is 0 Å². The first-order chi connectivity index (χ1) is 20.9. The smallest absolute Gasteiger partial charge is 0.143 e. The van der Waals surface area contributed by atoms with Crippen LogP contribution in [0.5, 0.6) is 0 Å². The Kier molecular flexibility index (Phi) is 5.82. The lowest BCUT2D eigenvalue weighted by molar-refractivity contribution is 0.673. The Labute approximate surface area is 244 Å². The summed E-state index contributed by atoms with van der Waals surface area (Å²) in [5, 5.41) is 4.47. The molecule has 0 aliphatic carbocycles. The van der Waals surface area contributed by atoms with E-state index in [0.29, 0.717) is 0 Å². The second-order valence-corrected chi connectivity index (χ2v) is 10.5. The molecular formula is C40H27NO. The van der Waals surface area contributed by atoms with Crippen molar-refractivity contribution in [2.75, 3.05) is 4.90 Å². The number of fused-ring (bicyclic) bond motifs is 5. The molecule has 0 saturated heterocycles. The molecule has 1 aromatic heterocycles. The van der Waals surface area contributed by atoms with Crippen LogP contribution in [-0.2, 0) is 0 Å². The number of anilines is 3. The zero-order chi connectivity index (χ0) is 27.9. The molecule has 0 amide bonds. The molecule has 0 spiro atoms. The average Bonchev–Trinajstić information content (AvgIpc) is 3.45. The molecule has 42 heavy (non-hydrogen) atoms. The summed E-state index contributed by atoms with van der Waals surface area (Å²) in [5.74, 6) is 0. The number of nitrogens with zero attached hydrogens (tertiary/aromatic N) is 1. The zero-order valence-corrected chi connectivity index (χ0v) is 22.9. The van der Waals surface area contributed by atoms with Gasteiger partial charge in [-0.25, -0.2) is 0 Å². The molecule has 1 heterocycles. The van der Waals surface area contributed by atoms with Gasteiger partial charge < -0.3 is 9.32 Å². The van der Waals surface area contributed by atoms with Crippen molar-refractivity contribution in [2.24, 2.45) is 0 Å². The monoisotopic (exact) mass is 537 g/mol. The second-order valence-electron chi connectivity index (χ2n) is 10.5. The Bertz CT molecular complexity index is 2140. The SMILES string of the molecule is c1ccc(-c2ccccc2-c2cccc3oc4c5ccccc5c(N(c5ccccc5)c5ccccc5)cc4c23)cc1. The topological polar surface area (TPSA) is 16.4 Å². The lowest BCUT2D eigenvalue weighted by Crippen LogP contribution is -2.10. The van der Waals surface area contributed by atoms with Gasteiger partial charge in [0.1, 0.15) is 11.2 Å². The van der Waals surface area contributed by atoms with Crippen LogP contribution in [0.1, 0.15) is 0 Å². The second kappa shape index (κ2) is 10.1. The minimum atomic E-state index is 0.888. The number of furan rings is 1. The number of benzene rings is 7. The molecule has 0 N–H and O–H groups in total. The molecule has 0 atom stereocenters. The predicted molar refractivity (Wildman–Crippen MR) is 177 cm³/mol. The molecule has 0 unspecified atom stereocenters. The third kappa shape index (κ3) is 3.96. The third-order valence-electron chi connectivity index (χ3n) is 8.05. The summed E-state index contributed by atoms with van der Waals surface area (Å²) in [6, 6.07) is 57.8. The van der Waals surface area contributed by atoms with Gasteiger partial charge in [-0.3, -0.25) is 0 Å². The quantitative estimate of drug-likeness (QED) is 0.217. The van der Waals surface area contributed by atoms with Crippen LogP contribution >= 0.6 is 0 Å².